The molecule has 2 amide bonds. The largest absolute Gasteiger partial charge is 0.394 e. The van der Waals surface area contributed by atoms with Crippen LogP contribution in [0.3, 0.4) is 0 Å². The number of aliphatic hydroxyl groups is 1. The second kappa shape index (κ2) is 10.1. The van der Waals surface area contributed by atoms with Gasteiger partial charge in [-0.2, -0.15) is 5.10 Å². The van der Waals surface area contributed by atoms with Crippen LogP contribution in [-0.2, 0) is 28.9 Å². The minimum absolute atomic E-state index is 0.0762. The van der Waals surface area contributed by atoms with Crippen LogP contribution < -0.4 is 0 Å². The maximum Gasteiger partial charge on any atom is 0.274 e. The van der Waals surface area contributed by atoms with Gasteiger partial charge in [-0.15, -0.1) is 0 Å². The van der Waals surface area contributed by atoms with Gasteiger partial charge in [-0.1, -0.05) is 18.2 Å². The molecule has 2 aromatic rings. The molecule has 1 aliphatic carbocycles. The van der Waals surface area contributed by atoms with Crippen molar-refractivity contribution in [3.05, 3.63) is 51.8 Å². The van der Waals surface area contributed by atoms with Crippen LogP contribution >= 0.6 is 0 Å². The van der Waals surface area contributed by atoms with Crippen molar-refractivity contribution in [2.45, 2.75) is 64.5 Å². The third-order valence-corrected chi connectivity index (χ3v) is 8.06. The average molecular weight is 481 g/mol. The molecule has 1 aromatic heterocycles. The second-order valence-corrected chi connectivity index (χ2v) is 10.2. The zero-order valence-electron chi connectivity index (χ0n) is 20.8. The van der Waals surface area contributed by atoms with E-state index >= 15 is 0 Å². The van der Waals surface area contributed by atoms with Crippen LogP contribution in [0, 0.1) is 13.8 Å². The Bertz CT molecular complexity index is 1100. The Kier molecular flexibility index (Phi) is 6.93. The van der Waals surface area contributed by atoms with Crippen LogP contribution in [-0.4, -0.2) is 82.0 Å². The Labute approximate surface area is 206 Å². The van der Waals surface area contributed by atoms with Gasteiger partial charge in [0.2, 0.25) is 5.91 Å². The minimum Gasteiger partial charge on any atom is -0.394 e. The second-order valence-electron chi connectivity index (χ2n) is 10.2. The number of hydrogen-bond acceptors (Lipinski definition) is 5. The number of hydrogen-bond donors (Lipinski definition) is 1. The van der Waals surface area contributed by atoms with Gasteiger partial charge in [0.25, 0.3) is 5.91 Å². The van der Waals surface area contributed by atoms with Gasteiger partial charge in [-0.25, -0.2) is 0 Å². The quantitative estimate of drug-likeness (QED) is 0.709. The summed E-state index contributed by atoms with van der Waals surface area (Å²) >= 11 is 0. The van der Waals surface area contributed by atoms with Crippen molar-refractivity contribution in [2.75, 3.05) is 39.4 Å². The first-order valence-electron chi connectivity index (χ1n) is 12.9. The van der Waals surface area contributed by atoms with E-state index in [1.807, 2.05) is 4.90 Å². The van der Waals surface area contributed by atoms with Gasteiger partial charge < -0.3 is 19.6 Å². The summed E-state index contributed by atoms with van der Waals surface area (Å²) in [4.78, 5) is 30.2. The van der Waals surface area contributed by atoms with E-state index in [0.29, 0.717) is 31.3 Å². The van der Waals surface area contributed by atoms with Crippen molar-refractivity contribution in [1.29, 1.82) is 0 Å². The zero-order chi connectivity index (χ0) is 24.5. The molecule has 2 saturated heterocycles. The Hall–Kier alpha value is -2.71. The van der Waals surface area contributed by atoms with Gasteiger partial charge in [-0.05, 0) is 68.6 Å². The molecule has 35 heavy (non-hydrogen) atoms. The fourth-order valence-corrected chi connectivity index (χ4v) is 5.86. The molecule has 2 fully saturated rings. The molecule has 8 nitrogen and oxygen atoms in total. The smallest absolute Gasteiger partial charge is 0.274 e. The highest BCUT2D eigenvalue weighted by atomic mass is 16.5. The van der Waals surface area contributed by atoms with Crippen LogP contribution in [0.2, 0.25) is 0 Å². The fourth-order valence-electron chi connectivity index (χ4n) is 5.86. The van der Waals surface area contributed by atoms with E-state index in [0.717, 1.165) is 56.5 Å². The molecule has 1 aromatic carbocycles. The molecule has 188 valence electrons. The number of rotatable bonds is 5. The normalized spacial score (nSPS) is 20.8. The number of morpholine rings is 1. The molecule has 0 spiro atoms. The lowest BCUT2D eigenvalue weighted by Gasteiger charge is -2.33. The Balaban J connectivity index is 1.25. The van der Waals surface area contributed by atoms with Gasteiger partial charge in [0.1, 0.15) is 6.54 Å². The monoisotopic (exact) mass is 480 g/mol. The number of amides is 2. The number of benzene rings is 1. The van der Waals surface area contributed by atoms with Crippen LogP contribution in [0.15, 0.2) is 18.2 Å². The summed E-state index contributed by atoms with van der Waals surface area (Å²) in [6.45, 7) is 7.21. The average Bonchev–Trinajstić information content (AvgIpc) is 3.49. The van der Waals surface area contributed by atoms with E-state index < -0.39 is 0 Å². The minimum atomic E-state index is -0.351. The topological polar surface area (TPSA) is 87.9 Å². The highest BCUT2D eigenvalue weighted by molar-refractivity contribution is 5.94. The Morgan fingerprint density at radius 1 is 1.11 bits per heavy atom. The lowest BCUT2D eigenvalue weighted by molar-refractivity contribution is -0.133. The maximum atomic E-state index is 13.3. The SMILES string of the molecule is Cc1cccc(C2CCN(C(=O)Cn3nc(C(=O)N4CCOC(CO)C4)c4c3CCC4)CC2)c1C. The zero-order valence-corrected chi connectivity index (χ0v) is 20.8. The molecule has 1 atom stereocenters. The van der Waals surface area contributed by atoms with Crippen molar-refractivity contribution in [3.63, 3.8) is 0 Å². The van der Waals surface area contributed by atoms with Crippen molar-refractivity contribution >= 4 is 11.8 Å². The first kappa shape index (κ1) is 24.0. The van der Waals surface area contributed by atoms with E-state index in [2.05, 4.69) is 37.1 Å². The third kappa shape index (κ3) is 4.74. The van der Waals surface area contributed by atoms with Crippen LogP contribution in [0.25, 0.3) is 0 Å². The molecule has 0 bridgehead atoms. The van der Waals surface area contributed by atoms with Crippen LogP contribution in [0.5, 0.6) is 0 Å². The van der Waals surface area contributed by atoms with Gasteiger partial charge in [0.15, 0.2) is 5.69 Å². The molecule has 2 aliphatic heterocycles. The lowest BCUT2D eigenvalue weighted by Crippen LogP contribution is -2.47. The number of nitrogens with zero attached hydrogens (tertiary/aromatic N) is 4. The Morgan fingerprint density at radius 2 is 1.91 bits per heavy atom. The van der Waals surface area contributed by atoms with Crippen molar-refractivity contribution in [1.82, 2.24) is 19.6 Å². The predicted molar refractivity (Wildman–Crippen MR) is 131 cm³/mol. The lowest BCUT2D eigenvalue weighted by atomic mass is 9.85. The Morgan fingerprint density at radius 3 is 2.69 bits per heavy atom. The third-order valence-electron chi connectivity index (χ3n) is 8.06. The molecule has 3 heterocycles. The highest BCUT2D eigenvalue weighted by Gasteiger charge is 2.33. The van der Waals surface area contributed by atoms with Gasteiger partial charge in [0.05, 0.1) is 19.3 Å². The number of aryl methyl sites for hydroxylation is 1. The predicted octanol–water partition coefficient (Wildman–Crippen LogP) is 2.23. The van der Waals surface area contributed by atoms with Gasteiger partial charge in [0, 0.05) is 37.4 Å². The molecule has 8 heteroatoms. The van der Waals surface area contributed by atoms with Gasteiger partial charge >= 0.3 is 0 Å². The van der Waals surface area contributed by atoms with Crippen molar-refractivity contribution in [3.8, 4) is 0 Å². The molecule has 5 rings (SSSR count). The molecule has 0 radical (unpaired) electrons. The summed E-state index contributed by atoms with van der Waals surface area (Å²) in [6.07, 6.45) is 4.24. The highest BCUT2D eigenvalue weighted by Crippen LogP contribution is 2.32. The van der Waals surface area contributed by atoms with Crippen molar-refractivity contribution < 1.29 is 19.4 Å². The number of carbonyl (C=O) groups is 2. The summed E-state index contributed by atoms with van der Waals surface area (Å²) in [5, 5.41) is 14.1. The number of piperidine rings is 1. The molecular formula is C27H36N4O4. The summed E-state index contributed by atoms with van der Waals surface area (Å²) in [6, 6.07) is 6.52. The molecule has 0 saturated carbocycles. The standard InChI is InChI=1S/C27H36N4O4/c1-18-5-3-6-22(19(18)2)20-9-11-29(12-10-20)25(33)16-31-24-8-4-7-23(24)26(28-31)27(34)30-13-14-35-21(15-30)17-32/h3,5-6,20-21,32H,4,7-17H2,1-2H3. The molecule has 3 aliphatic rings. The fraction of sp³-hybridized carbons (Fsp3) is 0.593. The number of likely N-dealkylation sites (tertiary alicyclic amines) is 1. The van der Waals surface area contributed by atoms with Crippen LogP contribution in [0.1, 0.15) is 63.6 Å². The maximum absolute atomic E-state index is 13.3. The van der Waals surface area contributed by atoms with Gasteiger partial charge in [-0.3, -0.25) is 14.3 Å². The number of carbonyl (C=O) groups excluding carboxylic acids is 2. The molecule has 1 unspecified atom stereocenters. The van der Waals surface area contributed by atoms with E-state index in [1.54, 1.807) is 9.58 Å². The van der Waals surface area contributed by atoms with E-state index in [-0.39, 0.29) is 31.1 Å². The number of ether oxygens (including phenoxy) is 1. The molecule has 1 N–H and O–H groups in total. The van der Waals surface area contributed by atoms with Crippen LogP contribution in [0.4, 0.5) is 0 Å². The summed E-state index contributed by atoms with van der Waals surface area (Å²) in [7, 11) is 0. The summed E-state index contributed by atoms with van der Waals surface area (Å²) in [5.74, 6) is 0.450. The molecular weight excluding hydrogens is 444 g/mol. The van der Waals surface area contributed by atoms with E-state index in [1.165, 1.54) is 16.7 Å². The number of aromatic nitrogens is 2. The number of fused-ring (bicyclic) bond motifs is 1. The number of aliphatic hydroxyl groups excluding tert-OH is 1. The van der Waals surface area contributed by atoms with E-state index in [4.69, 9.17) is 4.74 Å². The summed E-state index contributed by atoms with van der Waals surface area (Å²) < 4.78 is 7.27. The van der Waals surface area contributed by atoms with E-state index in [9.17, 15) is 14.7 Å². The first-order chi connectivity index (χ1) is 17.0. The van der Waals surface area contributed by atoms with Crippen molar-refractivity contribution in [2.24, 2.45) is 0 Å². The summed E-state index contributed by atoms with van der Waals surface area (Å²) in [5.41, 5.74) is 6.59. The first-order valence-corrected chi connectivity index (χ1v) is 12.9.